The molecule has 11 heteroatoms. The Morgan fingerprint density at radius 3 is 2.34 bits per heavy atom. The summed E-state index contributed by atoms with van der Waals surface area (Å²) in [5.74, 6) is -1.02. The van der Waals surface area contributed by atoms with E-state index in [9.17, 15) is 31.5 Å². The number of anilines is 1. The van der Waals surface area contributed by atoms with Gasteiger partial charge in [0.05, 0.1) is 11.1 Å². The van der Waals surface area contributed by atoms with Crippen molar-refractivity contribution in [1.82, 2.24) is 10.3 Å². The monoisotopic (exact) mass is 531 g/mol. The number of carbonyl (C=O) groups is 2. The van der Waals surface area contributed by atoms with Crippen molar-refractivity contribution in [2.75, 3.05) is 5.32 Å². The lowest BCUT2D eigenvalue weighted by molar-refractivity contribution is -0.137. The third-order valence-corrected chi connectivity index (χ3v) is 5.69. The molecule has 0 bridgehead atoms. The number of amides is 2. The van der Waals surface area contributed by atoms with Crippen molar-refractivity contribution in [3.05, 3.63) is 83.2 Å². The van der Waals surface area contributed by atoms with Gasteiger partial charge in [0.15, 0.2) is 0 Å². The Morgan fingerprint density at radius 2 is 1.71 bits per heavy atom. The lowest BCUT2D eigenvalue weighted by Crippen LogP contribution is -2.27. The van der Waals surface area contributed by atoms with E-state index in [1.165, 1.54) is 30.5 Å². The van der Waals surface area contributed by atoms with Crippen molar-refractivity contribution in [3.8, 4) is 11.3 Å². The number of nitrogens with one attached hydrogen (secondary N) is 2. The minimum Gasteiger partial charge on any atom is -0.456 e. The Hall–Kier alpha value is -4.28. The number of halogens is 5. The number of alkyl halides is 5. The SMILES string of the molecule is CC(C)C(=O)NCc1cnc(C(F)F)c(C(=O)Nc2ccc3oc(-c4ccc(C(F)(F)F)cc4)cc3c2)c1. The van der Waals surface area contributed by atoms with Gasteiger partial charge >= 0.3 is 6.18 Å². The number of aromatic nitrogens is 1. The van der Waals surface area contributed by atoms with Crippen LogP contribution >= 0.6 is 0 Å². The summed E-state index contributed by atoms with van der Waals surface area (Å²) in [5.41, 5.74) is -0.332. The highest BCUT2D eigenvalue weighted by Crippen LogP contribution is 2.33. The van der Waals surface area contributed by atoms with E-state index < -0.39 is 29.8 Å². The molecule has 0 fully saturated rings. The average molecular weight is 531 g/mol. The fraction of sp³-hybridized carbons (Fsp3) is 0.222. The summed E-state index contributed by atoms with van der Waals surface area (Å²) in [6, 6.07) is 11.9. The summed E-state index contributed by atoms with van der Waals surface area (Å²) in [6.45, 7) is 3.42. The van der Waals surface area contributed by atoms with Crippen molar-refractivity contribution >= 4 is 28.5 Å². The zero-order valence-electron chi connectivity index (χ0n) is 20.2. The first-order chi connectivity index (χ1) is 17.9. The molecule has 0 aliphatic heterocycles. The van der Waals surface area contributed by atoms with Crippen molar-refractivity contribution in [2.45, 2.75) is 33.0 Å². The molecule has 6 nitrogen and oxygen atoms in total. The van der Waals surface area contributed by atoms with Crippen LogP contribution in [0.3, 0.4) is 0 Å². The summed E-state index contributed by atoms with van der Waals surface area (Å²) >= 11 is 0. The fourth-order valence-electron chi connectivity index (χ4n) is 3.65. The second kappa shape index (κ2) is 10.6. The summed E-state index contributed by atoms with van der Waals surface area (Å²) in [7, 11) is 0. The Bertz CT molecular complexity index is 1480. The lowest BCUT2D eigenvalue weighted by Gasteiger charge is -2.12. The maximum atomic E-state index is 13.6. The van der Waals surface area contributed by atoms with Crippen LogP contribution in [0.15, 0.2) is 65.2 Å². The molecule has 2 aromatic carbocycles. The number of nitrogens with zero attached hydrogens (tertiary/aromatic N) is 1. The fourth-order valence-corrected chi connectivity index (χ4v) is 3.65. The minimum atomic E-state index is -4.46. The molecular weight excluding hydrogens is 509 g/mol. The maximum Gasteiger partial charge on any atom is 0.416 e. The second-order valence-corrected chi connectivity index (χ2v) is 8.84. The van der Waals surface area contributed by atoms with Gasteiger partial charge in [-0.05, 0) is 48.0 Å². The van der Waals surface area contributed by atoms with Gasteiger partial charge in [-0.2, -0.15) is 13.2 Å². The quantitative estimate of drug-likeness (QED) is 0.252. The third-order valence-electron chi connectivity index (χ3n) is 5.69. The van der Waals surface area contributed by atoms with Gasteiger partial charge in [-0.25, -0.2) is 8.78 Å². The van der Waals surface area contributed by atoms with E-state index >= 15 is 0 Å². The Labute approximate surface area is 213 Å². The van der Waals surface area contributed by atoms with E-state index in [-0.39, 0.29) is 29.6 Å². The first kappa shape index (κ1) is 26.8. The van der Waals surface area contributed by atoms with E-state index in [1.54, 1.807) is 32.0 Å². The number of carbonyl (C=O) groups excluding carboxylic acids is 2. The molecule has 38 heavy (non-hydrogen) atoms. The summed E-state index contributed by atoms with van der Waals surface area (Å²) in [4.78, 5) is 28.5. The van der Waals surface area contributed by atoms with Crippen LogP contribution in [0.25, 0.3) is 22.3 Å². The largest absolute Gasteiger partial charge is 0.456 e. The van der Waals surface area contributed by atoms with Crippen LogP contribution in [-0.2, 0) is 17.5 Å². The van der Waals surface area contributed by atoms with Crippen molar-refractivity contribution in [2.24, 2.45) is 5.92 Å². The number of benzene rings is 2. The first-order valence-corrected chi connectivity index (χ1v) is 11.5. The van der Waals surface area contributed by atoms with Crippen LogP contribution in [0, 0.1) is 5.92 Å². The normalized spacial score (nSPS) is 11.8. The molecule has 0 radical (unpaired) electrons. The highest BCUT2D eigenvalue weighted by Gasteiger charge is 2.30. The number of furan rings is 1. The number of hydrogen-bond donors (Lipinski definition) is 2. The Balaban J connectivity index is 1.55. The molecule has 2 aromatic heterocycles. The molecule has 4 aromatic rings. The Kier molecular flexibility index (Phi) is 7.47. The second-order valence-electron chi connectivity index (χ2n) is 8.84. The number of hydrogen-bond acceptors (Lipinski definition) is 4. The number of rotatable bonds is 7. The molecule has 2 heterocycles. The first-order valence-electron chi connectivity index (χ1n) is 11.5. The average Bonchev–Trinajstić information content (AvgIpc) is 3.30. The van der Waals surface area contributed by atoms with Gasteiger partial charge in [0, 0.05) is 35.3 Å². The van der Waals surface area contributed by atoms with Crippen LogP contribution in [0.2, 0.25) is 0 Å². The molecule has 0 saturated carbocycles. The molecular formula is C27H22F5N3O3. The molecule has 0 unspecified atom stereocenters. The van der Waals surface area contributed by atoms with E-state index in [2.05, 4.69) is 15.6 Å². The summed E-state index contributed by atoms with van der Waals surface area (Å²) in [5, 5.41) is 5.74. The maximum absolute atomic E-state index is 13.6. The van der Waals surface area contributed by atoms with Crippen molar-refractivity contribution < 1.29 is 36.0 Å². The van der Waals surface area contributed by atoms with Gasteiger partial charge in [0.1, 0.15) is 17.0 Å². The van der Waals surface area contributed by atoms with Gasteiger partial charge < -0.3 is 15.1 Å². The molecule has 2 amide bonds. The third kappa shape index (κ3) is 5.99. The van der Waals surface area contributed by atoms with Crippen LogP contribution in [0.4, 0.5) is 27.6 Å². The molecule has 0 atom stereocenters. The predicted octanol–water partition coefficient (Wildman–Crippen LogP) is 6.98. The van der Waals surface area contributed by atoms with Crippen LogP contribution < -0.4 is 10.6 Å². The van der Waals surface area contributed by atoms with Crippen molar-refractivity contribution in [1.29, 1.82) is 0 Å². The van der Waals surface area contributed by atoms with Gasteiger partial charge in [-0.1, -0.05) is 26.0 Å². The number of fused-ring (bicyclic) bond motifs is 1. The predicted molar refractivity (Wildman–Crippen MR) is 130 cm³/mol. The highest BCUT2D eigenvalue weighted by atomic mass is 19.4. The summed E-state index contributed by atoms with van der Waals surface area (Å²) in [6.07, 6.45) is -6.28. The molecule has 4 rings (SSSR count). The van der Waals surface area contributed by atoms with Gasteiger partial charge in [0.2, 0.25) is 5.91 Å². The minimum absolute atomic E-state index is 0.0154. The Morgan fingerprint density at radius 1 is 1.00 bits per heavy atom. The van der Waals surface area contributed by atoms with Gasteiger partial charge in [-0.3, -0.25) is 14.6 Å². The van der Waals surface area contributed by atoms with Crippen LogP contribution in [0.5, 0.6) is 0 Å². The van der Waals surface area contributed by atoms with Crippen molar-refractivity contribution in [3.63, 3.8) is 0 Å². The molecule has 0 saturated heterocycles. The van der Waals surface area contributed by atoms with Crippen LogP contribution in [0.1, 0.15) is 47.5 Å². The van der Waals surface area contributed by atoms with E-state index in [1.807, 2.05) is 0 Å². The standard InChI is InChI=1S/C27H22F5N3O3/c1-14(2)25(36)34-13-15-9-20(23(24(28)29)33-12-15)26(37)35-19-7-8-21-17(10-19)11-22(38-21)16-3-5-18(6-4-16)27(30,31)32/h3-12,14,24H,13H2,1-2H3,(H,34,36)(H,35,37). The molecule has 198 valence electrons. The molecule has 0 aliphatic rings. The van der Waals surface area contributed by atoms with Gasteiger partial charge in [-0.15, -0.1) is 0 Å². The van der Waals surface area contributed by atoms with Gasteiger partial charge in [0.25, 0.3) is 12.3 Å². The highest BCUT2D eigenvalue weighted by molar-refractivity contribution is 6.06. The summed E-state index contributed by atoms with van der Waals surface area (Å²) < 4.78 is 71.3. The van der Waals surface area contributed by atoms with E-state index in [0.29, 0.717) is 27.9 Å². The van der Waals surface area contributed by atoms with Crippen LogP contribution in [-0.4, -0.2) is 16.8 Å². The molecule has 0 spiro atoms. The smallest absolute Gasteiger partial charge is 0.416 e. The lowest BCUT2D eigenvalue weighted by atomic mass is 10.1. The van der Waals surface area contributed by atoms with E-state index in [4.69, 9.17) is 4.42 Å². The molecule has 2 N–H and O–H groups in total. The molecule has 0 aliphatic carbocycles. The zero-order valence-corrected chi connectivity index (χ0v) is 20.2. The topological polar surface area (TPSA) is 84.2 Å². The number of pyridine rings is 1. The van der Waals surface area contributed by atoms with E-state index in [0.717, 1.165) is 12.1 Å². The zero-order chi connectivity index (χ0) is 27.6.